The first-order valence-electron chi connectivity index (χ1n) is 13.5. The molecule has 2 fully saturated rings. The molecular weight excluding hydrogens is 466 g/mol. The summed E-state index contributed by atoms with van der Waals surface area (Å²) in [5, 5.41) is 6.87. The topological polar surface area (TPSA) is 99.4 Å². The molecule has 1 aliphatic carbocycles. The molecule has 0 radical (unpaired) electrons. The number of rotatable bonds is 5. The van der Waals surface area contributed by atoms with Crippen molar-refractivity contribution in [3.05, 3.63) is 59.4 Å². The fourth-order valence-corrected chi connectivity index (χ4v) is 6.76. The molecular formula is C29H35N5O3. The van der Waals surface area contributed by atoms with Crippen LogP contribution in [0.1, 0.15) is 59.9 Å². The minimum absolute atomic E-state index is 0.0358. The number of ether oxygens (including phenoxy) is 1. The van der Waals surface area contributed by atoms with Gasteiger partial charge in [-0.3, -0.25) is 9.59 Å². The van der Waals surface area contributed by atoms with Gasteiger partial charge in [0.15, 0.2) is 0 Å². The predicted molar refractivity (Wildman–Crippen MR) is 142 cm³/mol. The number of amides is 2. The number of carbonyl (C=O) groups excluding carboxylic acids is 2. The smallest absolute Gasteiger partial charge is 0.251 e. The second-order valence-electron chi connectivity index (χ2n) is 10.7. The standard InChI is InChI=1S/C29H35N5O3/c1-17-30-24-12-11-18(15-25(24)31-17)28(35)33-23-10-6-4-8-21(23)29(36)34-14-13-20-26(16-37-2)32-22-9-5-3-7-19(22)27(20)34/h3,5,7,9,11-12,15,20-21,23,26-27,32H,4,6,8,10,13-14,16H2,1-2H3,(H,30,31)(H,33,35)/t20-,21+,23-,26+,27+/m1/s1. The average Bonchev–Trinajstić information content (AvgIpc) is 3.52. The third-order valence-corrected chi connectivity index (χ3v) is 8.47. The quantitative estimate of drug-likeness (QED) is 0.487. The van der Waals surface area contributed by atoms with Gasteiger partial charge >= 0.3 is 0 Å². The SMILES string of the molecule is COC[C@@H]1Nc2ccccc2[C@H]2[C@@H]1CCN2C(=O)[C@H]1CCCC[C@H]1NC(=O)c1ccc2[nH]c(C)nc2c1. The number of para-hydroxylation sites is 1. The van der Waals surface area contributed by atoms with Gasteiger partial charge in [-0.2, -0.15) is 0 Å². The van der Waals surface area contributed by atoms with Crippen LogP contribution in [0.5, 0.6) is 0 Å². The van der Waals surface area contributed by atoms with Gasteiger partial charge in [0.25, 0.3) is 5.91 Å². The monoisotopic (exact) mass is 501 g/mol. The number of likely N-dealkylation sites (tertiary alicyclic amines) is 1. The van der Waals surface area contributed by atoms with Crippen LogP contribution in [0.25, 0.3) is 11.0 Å². The fourth-order valence-electron chi connectivity index (χ4n) is 6.76. The van der Waals surface area contributed by atoms with Crippen molar-refractivity contribution in [1.82, 2.24) is 20.2 Å². The van der Waals surface area contributed by atoms with Gasteiger partial charge in [-0.25, -0.2) is 4.98 Å². The Morgan fingerprint density at radius 3 is 2.84 bits per heavy atom. The molecule has 8 nitrogen and oxygen atoms in total. The lowest BCUT2D eigenvalue weighted by Gasteiger charge is -2.41. The van der Waals surface area contributed by atoms with Crippen molar-refractivity contribution < 1.29 is 14.3 Å². The largest absolute Gasteiger partial charge is 0.383 e. The summed E-state index contributed by atoms with van der Waals surface area (Å²) < 4.78 is 5.53. The summed E-state index contributed by atoms with van der Waals surface area (Å²) in [4.78, 5) is 37.2. The molecule has 1 saturated heterocycles. The molecule has 194 valence electrons. The Hall–Kier alpha value is -3.39. The summed E-state index contributed by atoms with van der Waals surface area (Å²) in [5.41, 5.74) is 4.54. The number of nitrogens with one attached hydrogen (secondary N) is 3. The number of hydrogen-bond acceptors (Lipinski definition) is 5. The summed E-state index contributed by atoms with van der Waals surface area (Å²) in [6.07, 6.45) is 4.59. The van der Waals surface area contributed by atoms with E-state index in [2.05, 4.69) is 43.7 Å². The number of aromatic nitrogens is 2. The fraction of sp³-hybridized carbons (Fsp3) is 0.483. The van der Waals surface area contributed by atoms with Crippen LogP contribution in [-0.2, 0) is 9.53 Å². The van der Waals surface area contributed by atoms with E-state index >= 15 is 0 Å². The second kappa shape index (κ2) is 9.82. The van der Waals surface area contributed by atoms with Crippen molar-refractivity contribution in [3.63, 3.8) is 0 Å². The van der Waals surface area contributed by atoms with Crippen molar-refractivity contribution in [3.8, 4) is 0 Å². The zero-order valence-electron chi connectivity index (χ0n) is 21.5. The number of methoxy groups -OCH3 is 1. The maximum atomic E-state index is 14.1. The molecule has 0 bridgehead atoms. The highest BCUT2D eigenvalue weighted by Gasteiger charge is 2.48. The zero-order chi connectivity index (χ0) is 25.5. The highest BCUT2D eigenvalue weighted by Crippen LogP contribution is 2.47. The van der Waals surface area contributed by atoms with Crippen LogP contribution in [0.15, 0.2) is 42.5 Å². The molecule has 1 aromatic heterocycles. The minimum atomic E-state index is -0.212. The molecule has 8 heteroatoms. The van der Waals surface area contributed by atoms with Gasteiger partial charge in [0.1, 0.15) is 5.82 Å². The number of fused-ring (bicyclic) bond motifs is 4. The van der Waals surface area contributed by atoms with E-state index < -0.39 is 0 Å². The summed E-state index contributed by atoms with van der Waals surface area (Å²) >= 11 is 0. The maximum absolute atomic E-state index is 14.1. The first kappa shape index (κ1) is 24.0. The Morgan fingerprint density at radius 1 is 1.14 bits per heavy atom. The Bertz CT molecular complexity index is 1320. The summed E-state index contributed by atoms with van der Waals surface area (Å²) in [7, 11) is 1.73. The van der Waals surface area contributed by atoms with E-state index in [-0.39, 0.29) is 35.9 Å². The van der Waals surface area contributed by atoms with E-state index in [1.54, 1.807) is 7.11 Å². The number of hydrogen-bond donors (Lipinski definition) is 3. The third-order valence-electron chi connectivity index (χ3n) is 8.47. The highest BCUT2D eigenvalue weighted by atomic mass is 16.5. The Balaban J connectivity index is 1.23. The Morgan fingerprint density at radius 2 is 1.97 bits per heavy atom. The number of carbonyl (C=O) groups is 2. The molecule has 0 spiro atoms. The van der Waals surface area contributed by atoms with Gasteiger partial charge in [-0.1, -0.05) is 31.0 Å². The first-order chi connectivity index (χ1) is 18.0. The van der Waals surface area contributed by atoms with Crippen molar-refractivity contribution in [1.29, 1.82) is 0 Å². The molecule has 37 heavy (non-hydrogen) atoms. The molecule has 3 aromatic rings. The van der Waals surface area contributed by atoms with Gasteiger partial charge < -0.3 is 25.3 Å². The van der Waals surface area contributed by atoms with E-state index in [0.29, 0.717) is 18.1 Å². The van der Waals surface area contributed by atoms with Crippen molar-refractivity contribution in [2.45, 2.75) is 57.2 Å². The van der Waals surface area contributed by atoms with Crippen LogP contribution < -0.4 is 10.6 Å². The number of imidazole rings is 1. The molecule has 1 saturated carbocycles. The molecule has 0 unspecified atom stereocenters. The first-order valence-corrected chi connectivity index (χ1v) is 13.5. The van der Waals surface area contributed by atoms with Crippen LogP contribution in [-0.4, -0.2) is 59.0 Å². The highest BCUT2D eigenvalue weighted by molar-refractivity contribution is 5.98. The molecule has 6 rings (SSSR count). The van der Waals surface area contributed by atoms with Crippen LogP contribution in [0.2, 0.25) is 0 Å². The molecule has 2 aliphatic heterocycles. The minimum Gasteiger partial charge on any atom is -0.383 e. The van der Waals surface area contributed by atoms with E-state index in [1.165, 1.54) is 5.56 Å². The Labute approximate surface area is 217 Å². The van der Waals surface area contributed by atoms with Crippen molar-refractivity contribution >= 4 is 28.5 Å². The summed E-state index contributed by atoms with van der Waals surface area (Å²) in [6.45, 7) is 3.25. The lowest BCUT2D eigenvalue weighted by molar-refractivity contribution is -0.139. The molecule has 2 amide bonds. The van der Waals surface area contributed by atoms with Crippen LogP contribution >= 0.6 is 0 Å². The molecule has 3 aliphatic rings. The molecule has 5 atom stereocenters. The molecule has 2 aromatic carbocycles. The van der Waals surface area contributed by atoms with Crippen LogP contribution in [0, 0.1) is 18.8 Å². The van der Waals surface area contributed by atoms with Crippen molar-refractivity contribution in [2.24, 2.45) is 11.8 Å². The normalized spacial score (nSPS) is 26.9. The summed E-state index contributed by atoms with van der Waals surface area (Å²) in [5.74, 6) is 0.944. The number of anilines is 1. The number of H-pyrrole nitrogens is 1. The Kier molecular flexibility index (Phi) is 6.36. The molecule has 3 heterocycles. The van der Waals surface area contributed by atoms with E-state index in [9.17, 15) is 9.59 Å². The van der Waals surface area contributed by atoms with Crippen molar-refractivity contribution in [2.75, 3.05) is 25.6 Å². The predicted octanol–water partition coefficient (Wildman–Crippen LogP) is 4.19. The number of aromatic amines is 1. The average molecular weight is 502 g/mol. The number of nitrogens with zero attached hydrogens (tertiary/aromatic N) is 2. The van der Waals surface area contributed by atoms with Gasteiger partial charge in [0.2, 0.25) is 5.91 Å². The lowest BCUT2D eigenvalue weighted by Crippen LogP contribution is -2.50. The third kappa shape index (κ3) is 4.37. The van der Waals surface area contributed by atoms with Crippen LogP contribution in [0.4, 0.5) is 5.69 Å². The number of benzene rings is 2. The lowest BCUT2D eigenvalue weighted by atomic mass is 9.81. The summed E-state index contributed by atoms with van der Waals surface area (Å²) in [6, 6.07) is 13.9. The molecule has 3 N–H and O–H groups in total. The van der Waals surface area contributed by atoms with E-state index in [0.717, 1.165) is 61.2 Å². The van der Waals surface area contributed by atoms with E-state index in [1.807, 2.05) is 31.2 Å². The van der Waals surface area contributed by atoms with Crippen LogP contribution in [0.3, 0.4) is 0 Å². The number of aryl methyl sites for hydroxylation is 1. The zero-order valence-corrected chi connectivity index (χ0v) is 21.5. The van der Waals surface area contributed by atoms with Gasteiger partial charge in [0.05, 0.1) is 35.6 Å². The van der Waals surface area contributed by atoms with Gasteiger partial charge in [-0.05, 0) is 56.0 Å². The van der Waals surface area contributed by atoms with Gasteiger partial charge in [-0.15, -0.1) is 0 Å². The van der Waals surface area contributed by atoms with E-state index in [4.69, 9.17) is 4.74 Å². The second-order valence-corrected chi connectivity index (χ2v) is 10.7. The maximum Gasteiger partial charge on any atom is 0.251 e. The van der Waals surface area contributed by atoms with Gasteiger partial charge in [0, 0.05) is 36.9 Å².